The van der Waals surface area contributed by atoms with Gasteiger partial charge in [0.2, 0.25) is 0 Å². The lowest BCUT2D eigenvalue weighted by Gasteiger charge is -2.30. The largest absolute Gasteiger partial charge is 0.381 e. The fourth-order valence-corrected chi connectivity index (χ4v) is 1.84. The molecule has 2 atom stereocenters. The Morgan fingerprint density at radius 1 is 1.45 bits per heavy atom. The molecule has 2 heteroatoms. The van der Waals surface area contributed by atoms with E-state index in [1.165, 1.54) is 19.3 Å². The van der Waals surface area contributed by atoms with Crippen LogP contribution < -0.4 is 5.73 Å². The summed E-state index contributed by atoms with van der Waals surface area (Å²) < 4.78 is 5.41. The molecular weight excluding hydrogens is 138 g/mol. The van der Waals surface area contributed by atoms with E-state index in [4.69, 9.17) is 10.5 Å². The Labute approximate surface area is 69.1 Å². The molecule has 0 aromatic heterocycles. The van der Waals surface area contributed by atoms with Gasteiger partial charge < -0.3 is 10.5 Å². The number of ether oxygens (including phenoxy) is 1. The van der Waals surface area contributed by atoms with E-state index in [1.807, 2.05) is 0 Å². The van der Waals surface area contributed by atoms with Crippen LogP contribution in [0.1, 0.15) is 26.2 Å². The SMILES string of the molecule is CCCC1COCCC1CN. The zero-order valence-electron chi connectivity index (χ0n) is 7.38. The minimum absolute atomic E-state index is 0.726. The Balaban J connectivity index is 2.31. The number of rotatable bonds is 3. The maximum atomic E-state index is 5.67. The average molecular weight is 157 g/mol. The lowest BCUT2D eigenvalue weighted by atomic mass is 9.85. The summed E-state index contributed by atoms with van der Waals surface area (Å²) in [6.45, 7) is 4.92. The summed E-state index contributed by atoms with van der Waals surface area (Å²) in [6, 6.07) is 0. The van der Waals surface area contributed by atoms with E-state index in [0.717, 1.165) is 31.6 Å². The van der Waals surface area contributed by atoms with Crippen molar-refractivity contribution in [1.29, 1.82) is 0 Å². The minimum atomic E-state index is 0.726. The van der Waals surface area contributed by atoms with Gasteiger partial charge in [-0.3, -0.25) is 0 Å². The molecule has 0 aromatic carbocycles. The van der Waals surface area contributed by atoms with Crippen molar-refractivity contribution in [2.75, 3.05) is 19.8 Å². The van der Waals surface area contributed by atoms with Crippen LogP contribution >= 0.6 is 0 Å². The van der Waals surface area contributed by atoms with Gasteiger partial charge in [0.15, 0.2) is 0 Å². The predicted molar refractivity (Wildman–Crippen MR) is 46.4 cm³/mol. The zero-order valence-corrected chi connectivity index (χ0v) is 7.38. The molecule has 1 aliphatic rings. The predicted octanol–water partition coefficient (Wildman–Crippen LogP) is 1.40. The van der Waals surface area contributed by atoms with Gasteiger partial charge in [-0.25, -0.2) is 0 Å². The highest BCUT2D eigenvalue weighted by Gasteiger charge is 2.23. The highest BCUT2D eigenvalue weighted by atomic mass is 16.5. The van der Waals surface area contributed by atoms with E-state index in [-0.39, 0.29) is 0 Å². The van der Waals surface area contributed by atoms with Crippen LogP contribution in [0.4, 0.5) is 0 Å². The third-order valence-electron chi connectivity index (χ3n) is 2.59. The van der Waals surface area contributed by atoms with E-state index in [0.29, 0.717) is 0 Å². The topological polar surface area (TPSA) is 35.2 Å². The monoisotopic (exact) mass is 157 g/mol. The van der Waals surface area contributed by atoms with Crippen molar-refractivity contribution < 1.29 is 4.74 Å². The molecule has 2 unspecified atom stereocenters. The molecule has 1 heterocycles. The molecule has 1 aliphatic heterocycles. The van der Waals surface area contributed by atoms with Crippen LogP contribution in [0.5, 0.6) is 0 Å². The standard InChI is InChI=1S/C9H19NO/c1-2-3-9-7-11-5-4-8(9)6-10/h8-9H,2-7,10H2,1H3. The molecule has 1 saturated heterocycles. The van der Waals surface area contributed by atoms with Crippen LogP contribution in [0, 0.1) is 11.8 Å². The Morgan fingerprint density at radius 3 is 2.91 bits per heavy atom. The molecule has 0 aliphatic carbocycles. The van der Waals surface area contributed by atoms with E-state index in [9.17, 15) is 0 Å². The van der Waals surface area contributed by atoms with Gasteiger partial charge in [-0.2, -0.15) is 0 Å². The van der Waals surface area contributed by atoms with Gasteiger partial charge in [-0.05, 0) is 31.2 Å². The quantitative estimate of drug-likeness (QED) is 0.672. The first kappa shape index (κ1) is 9.01. The molecule has 0 spiro atoms. The summed E-state index contributed by atoms with van der Waals surface area (Å²) in [5, 5.41) is 0. The van der Waals surface area contributed by atoms with Crippen LogP contribution in [-0.2, 0) is 4.74 Å². The van der Waals surface area contributed by atoms with Gasteiger partial charge in [0.05, 0.1) is 0 Å². The van der Waals surface area contributed by atoms with Crippen LogP contribution in [0.3, 0.4) is 0 Å². The molecule has 66 valence electrons. The first-order valence-corrected chi connectivity index (χ1v) is 4.66. The van der Waals surface area contributed by atoms with E-state index >= 15 is 0 Å². The Bertz CT molecular complexity index is 104. The first-order chi connectivity index (χ1) is 5.38. The highest BCUT2D eigenvalue weighted by Crippen LogP contribution is 2.24. The van der Waals surface area contributed by atoms with Gasteiger partial charge in [-0.15, -0.1) is 0 Å². The first-order valence-electron chi connectivity index (χ1n) is 4.66. The van der Waals surface area contributed by atoms with Crippen LogP contribution in [0.2, 0.25) is 0 Å². The molecule has 0 bridgehead atoms. The van der Waals surface area contributed by atoms with Crippen molar-refractivity contribution in [3.8, 4) is 0 Å². The Hall–Kier alpha value is -0.0800. The summed E-state index contributed by atoms with van der Waals surface area (Å²) in [5.41, 5.74) is 5.67. The van der Waals surface area contributed by atoms with Crippen LogP contribution in [0.25, 0.3) is 0 Å². The number of hydrogen-bond donors (Lipinski definition) is 1. The average Bonchev–Trinajstić information content (AvgIpc) is 2.06. The molecule has 0 amide bonds. The van der Waals surface area contributed by atoms with Crippen molar-refractivity contribution in [2.45, 2.75) is 26.2 Å². The van der Waals surface area contributed by atoms with Crippen molar-refractivity contribution >= 4 is 0 Å². The van der Waals surface area contributed by atoms with Crippen molar-refractivity contribution in [2.24, 2.45) is 17.6 Å². The summed E-state index contributed by atoms with van der Waals surface area (Å²) in [7, 11) is 0. The van der Waals surface area contributed by atoms with E-state index in [2.05, 4.69) is 6.92 Å². The summed E-state index contributed by atoms with van der Waals surface area (Å²) >= 11 is 0. The maximum absolute atomic E-state index is 5.67. The maximum Gasteiger partial charge on any atom is 0.0497 e. The third-order valence-corrected chi connectivity index (χ3v) is 2.59. The smallest absolute Gasteiger partial charge is 0.0497 e. The molecule has 0 radical (unpaired) electrons. The molecule has 2 nitrogen and oxygen atoms in total. The van der Waals surface area contributed by atoms with Gasteiger partial charge in [0.1, 0.15) is 0 Å². The zero-order chi connectivity index (χ0) is 8.10. The van der Waals surface area contributed by atoms with Gasteiger partial charge in [0, 0.05) is 13.2 Å². The molecule has 0 saturated carbocycles. The van der Waals surface area contributed by atoms with Crippen LogP contribution in [-0.4, -0.2) is 19.8 Å². The second-order valence-corrected chi connectivity index (χ2v) is 3.41. The van der Waals surface area contributed by atoms with Gasteiger partial charge in [-0.1, -0.05) is 13.3 Å². The lowest BCUT2D eigenvalue weighted by molar-refractivity contribution is 0.0160. The Kier molecular flexibility index (Phi) is 3.87. The van der Waals surface area contributed by atoms with Crippen molar-refractivity contribution in [1.82, 2.24) is 0 Å². The highest BCUT2D eigenvalue weighted by molar-refractivity contribution is 4.73. The molecule has 11 heavy (non-hydrogen) atoms. The normalized spacial score (nSPS) is 32.2. The molecule has 0 aromatic rings. The lowest BCUT2D eigenvalue weighted by Crippen LogP contribution is -2.32. The molecular formula is C9H19NO. The second kappa shape index (κ2) is 4.73. The van der Waals surface area contributed by atoms with Gasteiger partial charge in [0.25, 0.3) is 0 Å². The summed E-state index contributed by atoms with van der Waals surface area (Å²) in [6.07, 6.45) is 3.70. The fraction of sp³-hybridized carbons (Fsp3) is 1.00. The second-order valence-electron chi connectivity index (χ2n) is 3.41. The number of hydrogen-bond acceptors (Lipinski definition) is 2. The van der Waals surface area contributed by atoms with Crippen LogP contribution in [0.15, 0.2) is 0 Å². The van der Waals surface area contributed by atoms with E-state index < -0.39 is 0 Å². The minimum Gasteiger partial charge on any atom is -0.381 e. The van der Waals surface area contributed by atoms with Gasteiger partial charge >= 0.3 is 0 Å². The van der Waals surface area contributed by atoms with Crippen molar-refractivity contribution in [3.05, 3.63) is 0 Å². The Morgan fingerprint density at radius 2 is 2.27 bits per heavy atom. The summed E-state index contributed by atoms with van der Waals surface area (Å²) in [5.74, 6) is 1.46. The molecule has 2 N–H and O–H groups in total. The number of nitrogens with two attached hydrogens (primary N) is 1. The third kappa shape index (κ3) is 2.46. The fourth-order valence-electron chi connectivity index (χ4n) is 1.84. The van der Waals surface area contributed by atoms with Crippen molar-refractivity contribution in [3.63, 3.8) is 0 Å². The summed E-state index contributed by atoms with van der Waals surface area (Å²) in [4.78, 5) is 0. The van der Waals surface area contributed by atoms with E-state index in [1.54, 1.807) is 0 Å². The molecule has 1 fully saturated rings. The molecule has 1 rings (SSSR count).